The lowest BCUT2D eigenvalue weighted by Crippen LogP contribution is -2.41. The van der Waals surface area contributed by atoms with Gasteiger partial charge in [0.25, 0.3) is 0 Å². The van der Waals surface area contributed by atoms with Gasteiger partial charge in [-0.3, -0.25) is 9.59 Å². The van der Waals surface area contributed by atoms with Gasteiger partial charge in [-0.15, -0.1) is 0 Å². The van der Waals surface area contributed by atoms with Crippen LogP contribution in [-0.2, 0) is 14.3 Å². The van der Waals surface area contributed by atoms with Crippen LogP contribution in [0.4, 0.5) is 4.79 Å². The summed E-state index contributed by atoms with van der Waals surface area (Å²) in [5.74, 6) is -1.81. The lowest BCUT2D eigenvalue weighted by atomic mass is 10.2. The third kappa shape index (κ3) is 9.67. The van der Waals surface area contributed by atoms with Gasteiger partial charge in [0.05, 0.1) is 0 Å². The Labute approximate surface area is 123 Å². The number of carboxylic acids is 2. The molecule has 1 saturated heterocycles. The van der Waals surface area contributed by atoms with Crippen LogP contribution in [0.3, 0.4) is 0 Å². The zero-order valence-electron chi connectivity index (χ0n) is 12.8. The molecule has 21 heavy (non-hydrogen) atoms. The third-order valence-corrected chi connectivity index (χ3v) is 2.46. The molecular formula is C13H24N2O6. The molecule has 1 aliphatic rings. The number of alkyl carbamates (subject to hydrolysis) is 1. The van der Waals surface area contributed by atoms with Gasteiger partial charge in [0.15, 0.2) is 0 Å². The molecule has 1 aliphatic heterocycles. The average molecular weight is 304 g/mol. The maximum atomic E-state index is 11.0. The number of ether oxygens (including phenoxy) is 1. The molecule has 0 aromatic rings. The summed E-state index contributed by atoms with van der Waals surface area (Å²) in [5.41, 5.74) is -0.609. The Kier molecular flexibility index (Phi) is 7.72. The minimum atomic E-state index is -1.09. The van der Waals surface area contributed by atoms with E-state index in [1.807, 2.05) is 0 Å². The molecule has 1 amide bonds. The first-order valence-electron chi connectivity index (χ1n) is 6.71. The van der Waals surface area contributed by atoms with Crippen molar-refractivity contribution in [1.29, 1.82) is 0 Å². The molecule has 2 atom stereocenters. The Balaban J connectivity index is 0.000000423. The van der Waals surface area contributed by atoms with Crippen molar-refractivity contribution in [3.8, 4) is 0 Å². The number of aliphatic carboxylic acids is 2. The van der Waals surface area contributed by atoms with Crippen LogP contribution in [0.2, 0.25) is 0 Å². The summed E-state index contributed by atoms with van der Waals surface area (Å²) >= 11 is 0. The topological polar surface area (TPSA) is 125 Å². The van der Waals surface area contributed by atoms with Crippen molar-refractivity contribution >= 4 is 18.0 Å². The zero-order chi connectivity index (χ0) is 16.6. The molecule has 0 radical (unpaired) electrons. The molecule has 1 heterocycles. The summed E-state index contributed by atoms with van der Waals surface area (Å²) in [6, 6.07) is -1.20. The van der Waals surface area contributed by atoms with Gasteiger partial charge in [0, 0.05) is 0 Å². The number of hydrogen-bond donors (Lipinski definition) is 4. The van der Waals surface area contributed by atoms with Crippen molar-refractivity contribution in [2.24, 2.45) is 0 Å². The summed E-state index contributed by atoms with van der Waals surface area (Å²) in [6.45, 7) is 7.34. The van der Waals surface area contributed by atoms with E-state index >= 15 is 0 Å². The van der Waals surface area contributed by atoms with Crippen molar-refractivity contribution < 1.29 is 29.3 Å². The number of hydrogen-bond acceptors (Lipinski definition) is 5. The van der Waals surface area contributed by atoms with Crippen LogP contribution in [0.25, 0.3) is 0 Å². The molecule has 8 heteroatoms. The quantitative estimate of drug-likeness (QED) is 0.608. The van der Waals surface area contributed by atoms with E-state index in [0.29, 0.717) is 0 Å². The first kappa shape index (κ1) is 19.2. The average Bonchev–Trinajstić information content (AvgIpc) is 2.79. The fourth-order valence-electron chi connectivity index (χ4n) is 1.44. The molecular weight excluding hydrogens is 280 g/mol. The van der Waals surface area contributed by atoms with Crippen molar-refractivity contribution in [3.63, 3.8) is 0 Å². The number of carbonyl (C=O) groups is 3. The van der Waals surface area contributed by atoms with Gasteiger partial charge in [-0.1, -0.05) is 0 Å². The fourth-order valence-corrected chi connectivity index (χ4v) is 1.44. The van der Waals surface area contributed by atoms with Crippen LogP contribution < -0.4 is 10.6 Å². The second-order valence-corrected chi connectivity index (χ2v) is 5.69. The minimum absolute atomic E-state index is 0.269. The van der Waals surface area contributed by atoms with E-state index in [-0.39, 0.29) is 6.04 Å². The van der Waals surface area contributed by atoms with Gasteiger partial charge in [0.2, 0.25) is 0 Å². The second kappa shape index (κ2) is 8.46. The van der Waals surface area contributed by atoms with Crippen LogP contribution in [-0.4, -0.2) is 52.5 Å². The molecule has 0 aromatic carbocycles. The summed E-state index contributed by atoms with van der Waals surface area (Å²) in [7, 11) is 0. The molecule has 8 nitrogen and oxygen atoms in total. The lowest BCUT2D eigenvalue weighted by molar-refractivity contribution is -0.139. The summed E-state index contributed by atoms with van der Waals surface area (Å²) in [4.78, 5) is 31.4. The van der Waals surface area contributed by atoms with E-state index < -0.39 is 29.7 Å². The van der Waals surface area contributed by atoms with Crippen LogP contribution >= 0.6 is 0 Å². The summed E-state index contributed by atoms with van der Waals surface area (Å²) in [6.07, 6.45) is 1.06. The molecule has 4 N–H and O–H groups in total. The Morgan fingerprint density at radius 2 is 1.86 bits per heavy atom. The van der Waals surface area contributed by atoms with Crippen molar-refractivity contribution in [2.45, 2.75) is 58.2 Å². The molecule has 0 bridgehead atoms. The predicted octanol–water partition coefficient (Wildman–Crippen LogP) is 0.807. The Bertz CT molecular complexity index is 371. The lowest BCUT2D eigenvalue weighted by Gasteiger charge is -2.20. The highest BCUT2D eigenvalue weighted by Crippen LogP contribution is 2.06. The largest absolute Gasteiger partial charge is 0.480 e. The molecule has 122 valence electrons. The van der Waals surface area contributed by atoms with E-state index in [4.69, 9.17) is 14.9 Å². The fraction of sp³-hybridized carbons (Fsp3) is 0.769. The summed E-state index contributed by atoms with van der Waals surface area (Å²) < 4.78 is 4.85. The predicted molar refractivity (Wildman–Crippen MR) is 75.1 cm³/mol. The number of nitrogens with one attached hydrogen (secondary N) is 2. The van der Waals surface area contributed by atoms with Gasteiger partial charge in [-0.2, -0.15) is 0 Å². The van der Waals surface area contributed by atoms with Crippen LogP contribution in [0.5, 0.6) is 0 Å². The molecule has 1 rings (SSSR count). The maximum Gasteiger partial charge on any atom is 0.408 e. The van der Waals surface area contributed by atoms with Crippen molar-refractivity contribution in [2.75, 3.05) is 6.54 Å². The van der Waals surface area contributed by atoms with Crippen molar-refractivity contribution in [1.82, 2.24) is 10.6 Å². The Morgan fingerprint density at radius 3 is 2.14 bits per heavy atom. The van der Waals surface area contributed by atoms with E-state index in [0.717, 1.165) is 19.4 Å². The van der Waals surface area contributed by atoms with Crippen LogP contribution in [0.15, 0.2) is 0 Å². The van der Waals surface area contributed by atoms with Gasteiger partial charge in [0.1, 0.15) is 17.7 Å². The first-order valence-corrected chi connectivity index (χ1v) is 6.71. The molecule has 1 fully saturated rings. The number of amides is 1. The number of carbonyl (C=O) groups excluding carboxylic acids is 1. The Hall–Kier alpha value is -1.83. The van der Waals surface area contributed by atoms with Gasteiger partial charge >= 0.3 is 18.0 Å². The number of carboxylic acid groups (broad SMARTS) is 2. The monoisotopic (exact) mass is 304 g/mol. The molecule has 0 saturated carbocycles. The minimum Gasteiger partial charge on any atom is -0.480 e. The third-order valence-electron chi connectivity index (χ3n) is 2.46. The SMILES string of the molecule is C[C@H](NC(=O)OC(C)(C)C)C(=O)O.O=C(O)[C@@H]1CCCN1. The molecule has 0 spiro atoms. The van der Waals surface area contributed by atoms with Gasteiger partial charge in [-0.05, 0) is 47.1 Å². The highest BCUT2D eigenvalue weighted by Gasteiger charge is 2.20. The highest BCUT2D eigenvalue weighted by atomic mass is 16.6. The van der Waals surface area contributed by atoms with Gasteiger partial charge < -0.3 is 25.6 Å². The van der Waals surface area contributed by atoms with Gasteiger partial charge in [-0.25, -0.2) is 4.79 Å². The van der Waals surface area contributed by atoms with E-state index in [1.54, 1.807) is 20.8 Å². The summed E-state index contributed by atoms with van der Waals surface area (Å²) in [5, 5.41) is 21.8. The molecule has 0 aromatic heterocycles. The van der Waals surface area contributed by atoms with E-state index in [1.165, 1.54) is 6.92 Å². The second-order valence-electron chi connectivity index (χ2n) is 5.69. The zero-order valence-corrected chi connectivity index (χ0v) is 12.8. The number of rotatable bonds is 3. The van der Waals surface area contributed by atoms with Crippen molar-refractivity contribution in [3.05, 3.63) is 0 Å². The Morgan fingerprint density at radius 1 is 1.29 bits per heavy atom. The highest BCUT2D eigenvalue weighted by molar-refractivity contribution is 5.79. The smallest absolute Gasteiger partial charge is 0.408 e. The van der Waals surface area contributed by atoms with E-state index in [9.17, 15) is 14.4 Å². The standard InChI is InChI=1S/C8H15NO4.C5H9NO2/c1-5(6(10)11)9-7(12)13-8(2,3)4;7-5(8)4-2-1-3-6-4/h5H,1-4H3,(H,9,12)(H,10,11);4,6H,1-3H2,(H,7,8)/t5-;4-/m00/s1. The molecule has 0 unspecified atom stereocenters. The molecule has 0 aliphatic carbocycles. The van der Waals surface area contributed by atoms with Crippen LogP contribution in [0.1, 0.15) is 40.5 Å². The normalized spacial score (nSPS) is 19.0. The van der Waals surface area contributed by atoms with Crippen LogP contribution in [0, 0.1) is 0 Å². The maximum absolute atomic E-state index is 11.0. The van der Waals surface area contributed by atoms with E-state index in [2.05, 4.69) is 10.6 Å². The first-order chi connectivity index (χ1) is 9.53.